The first-order valence-corrected chi connectivity index (χ1v) is 13.5. The van der Waals surface area contributed by atoms with Gasteiger partial charge in [0.05, 0.1) is 7.11 Å². The van der Waals surface area contributed by atoms with Crippen LogP contribution in [0.1, 0.15) is 23.1 Å². The van der Waals surface area contributed by atoms with Gasteiger partial charge in [-0.3, -0.25) is 0 Å². The lowest BCUT2D eigenvalue weighted by atomic mass is 9.92. The molecule has 0 amide bonds. The molecule has 0 heterocycles. The summed E-state index contributed by atoms with van der Waals surface area (Å²) in [5.41, 5.74) is 3.82. The third-order valence-electron chi connectivity index (χ3n) is 6.30. The highest BCUT2D eigenvalue weighted by Gasteiger charge is 2.12. The number of aryl methyl sites for hydroxylation is 1. The maximum absolute atomic E-state index is 5.75. The Kier molecular flexibility index (Phi) is 7.37. The summed E-state index contributed by atoms with van der Waals surface area (Å²) < 4.78 is 5.75. The van der Waals surface area contributed by atoms with Crippen LogP contribution < -0.4 is 25.8 Å². The zero-order valence-corrected chi connectivity index (χ0v) is 20.9. The average molecular weight is 473 g/mol. The zero-order chi connectivity index (χ0) is 23.9. The summed E-state index contributed by atoms with van der Waals surface area (Å²) >= 11 is 0. The first-order valence-electron chi connectivity index (χ1n) is 12.0. The Morgan fingerprint density at radius 2 is 1.40 bits per heavy atom. The molecular weight excluding hydrogens is 443 g/mol. The third-order valence-corrected chi connectivity index (χ3v) is 8.48. The van der Waals surface area contributed by atoms with Gasteiger partial charge in [-0.1, -0.05) is 121 Å². The second-order valence-electron chi connectivity index (χ2n) is 8.52. The van der Waals surface area contributed by atoms with Gasteiger partial charge in [0.25, 0.3) is 0 Å². The molecule has 4 aromatic rings. The van der Waals surface area contributed by atoms with Crippen LogP contribution in [0.15, 0.2) is 115 Å². The van der Waals surface area contributed by atoms with Gasteiger partial charge in [-0.2, -0.15) is 0 Å². The summed E-state index contributed by atoms with van der Waals surface area (Å²) in [7, 11) is 1.18. The van der Waals surface area contributed by atoms with Crippen molar-refractivity contribution < 1.29 is 4.74 Å². The molecule has 35 heavy (non-hydrogen) atoms. The maximum atomic E-state index is 5.75. The number of benzene rings is 4. The molecule has 1 nitrogen and oxygen atoms in total. The molecule has 0 saturated carbocycles. The van der Waals surface area contributed by atoms with E-state index >= 15 is 0 Å². The van der Waals surface area contributed by atoms with Crippen LogP contribution in [0.4, 0.5) is 0 Å². The predicted molar refractivity (Wildman–Crippen MR) is 152 cm³/mol. The van der Waals surface area contributed by atoms with Gasteiger partial charge in [-0.25, -0.2) is 0 Å². The lowest BCUT2D eigenvalue weighted by Gasteiger charge is -2.16. The topological polar surface area (TPSA) is 9.23 Å². The standard InChI is InChI=1S/C33H29OP/c1-34-33-23-22-27-14-10-11-21-31(27)32(33)25-28-15-9-8-13-26(28)16-12-24-35(29-17-4-2-5-18-29)30-19-6-3-7-20-30/h2-9,11-13,15-25H,10,14H2,1H3/b24-12+,26-16-,28-25+. The molecule has 1 aliphatic rings. The second kappa shape index (κ2) is 11.2. The highest BCUT2D eigenvalue weighted by Crippen LogP contribution is 2.35. The van der Waals surface area contributed by atoms with Crippen LogP contribution >= 0.6 is 7.92 Å². The molecule has 0 radical (unpaired) electrons. The highest BCUT2D eigenvalue weighted by molar-refractivity contribution is 7.75. The summed E-state index contributed by atoms with van der Waals surface area (Å²) in [5.74, 6) is 3.27. The minimum Gasteiger partial charge on any atom is -0.496 e. The molecule has 1 aliphatic carbocycles. The third kappa shape index (κ3) is 5.37. The van der Waals surface area contributed by atoms with Crippen LogP contribution in [0, 0.1) is 0 Å². The van der Waals surface area contributed by atoms with Crippen LogP contribution in [0.25, 0.3) is 18.2 Å². The van der Waals surface area contributed by atoms with Crippen molar-refractivity contribution in [3.8, 4) is 5.75 Å². The zero-order valence-electron chi connectivity index (χ0n) is 20.0. The molecule has 2 heteroatoms. The van der Waals surface area contributed by atoms with E-state index in [2.05, 4.69) is 133 Å². The Balaban J connectivity index is 1.57. The van der Waals surface area contributed by atoms with E-state index in [0.29, 0.717) is 0 Å². The van der Waals surface area contributed by atoms with Gasteiger partial charge in [0.1, 0.15) is 5.75 Å². The van der Waals surface area contributed by atoms with Crippen molar-refractivity contribution in [2.45, 2.75) is 12.8 Å². The normalized spacial score (nSPS) is 14.0. The number of allylic oxidation sites excluding steroid dienone is 2. The molecule has 0 fully saturated rings. The van der Waals surface area contributed by atoms with Crippen LogP contribution in [0.3, 0.4) is 0 Å². The van der Waals surface area contributed by atoms with E-state index in [1.54, 1.807) is 7.11 Å². The molecule has 4 aromatic carbocycles. The van der Waals surface area contributed by atoms with Crippen LogP contribution in [-0.4, -0.2) is 7.11 Å². The minimum absolute atomic E-state index is 0.571. The second-order valence-corrected chi connectivity index (χ2v) is 10.6. The average Bonchev–Trinajstić information content (AvgIpc) is 2.93. The SMILES string of the molecule is COc1ccc2c(c1\C=c1/cccc/c1=C/C=C/P(c1ccccc1)c1ccccc1)C=CCC2. The number of methoxy groups -OCH3 is 1. The Morgan fingerprint density at radius 1 is 0.743 bits per heavy atom. The van der Waals surface area contributed by atoms with E-state index in [1.807, 2.05) is 0 Å². The summed E-state index contributed by atoms with van der Waals surface area (Å²) in [6.45, 7) is 0. The van der Waals surface area contributed by atoms with E-state index in [-0.39, 0.29) is 0 Å². The molecule has 0 N–H and O–H groups in total. The summed E-state index contributed by atoms with van der Waals surface area (Å²) in [6, 6.07) is 34.4. The summed E-state index contributed by atoms with van der Waals surface area (Å²) in [4.78, 5) is 0. The van der Waals surface area contributed by atoms with E-state index in [4.69, 9.17) is 4.74 Å². The maximum Gasteiger partial charge on any atom is 0.126 e. The lowest BCUT2D eigenvalue weighted by Crippen LogP contribution is -2.23. The van der Waals surface area contributed by atoms with Crippen molar-refractivity contribution in [3.05, 3.63) is 142 Å². The number of ether oxygens (including phenoxy) is 1. The van der Waals surface area contributed by atoms with Crippen molar-refractivity contribution in [3.63, 3.8) is 0 Å². The van der Waals surface area contributed by atoms with Crippen molar-refractivity contribution in [2.24, 2.45) is 0 Å². The molecule has 0 saturated heterocycles. The molecule has 0 bridgehead atoms. The van der Waals surface area contributed by atoms with Gasteiger partial charge in [-0.05, 0) is 65.1 Å². The van der Waals surface area contributed by atoms with Crippen LogP contribution in [-0.2, 0) is 6.42 Å². The largest absolute Gasteiger partial charge is 0.496 e. The Morgan fingerprint density at radius 3 is 2.09 bits per heavy atom. The van der Waals surface area contributed by atoms with Gasteiger partial charge in [0, 0.05) is 5.56 Å². The van der Waals surface area contributed by atoms with Crippen LogP contribution in [0.2, 0.25) is 0 Å². The van der Waals surface area contributed by atoms with E-state index in [0.717, 1.165) is 24.2 Å². The lowest BCUT2D eigenvalue weighted by molar-refractivity contribution is 0.413. The summed E-state index contributed by atoms with van der Waals surface area (Å²) in [5, 5.41) is 5.09. The Hall–Kier alpha value is -3.67. The van der Waals surface area contributed by atoms with Gasteiger partial charge in [0.15, 0.2) is 0 Å². The fraction of sp³-hybridized carbons (Fsp3) is 0.0909. The van der Waals surface area contributed by atoms with Crippen molar-refractivity contribution in [1.29, 1.82) is 0 Å². The van der Waals surface area contributed by atoms with Crippen molar-refractivity contribution in [2.75, 3.05) is 7.11 Å². The van der Waals surface area contributed by atoms with Gasteiger partial charge in [0.2, 0.25) is 0 Å². The quantitative estimate of drug-likeness (QED) is 0.317. The van der Waals surface area contributed by atoms with E-state index in [9.17, 15) is 0 Å². The molecule has 5 rings (SSSR count). The Labute approximate surface area is 209 Å². The van der Waals surface area contributed by atoms with Crippen LogP contribution in [0.5, 0.6) is 5.75 Å². The minimum atomic E-state index is -0.571. The predicted octanol–water partition coefficient (Wildman–Crippen LogP) is 5.91. The number of hydrogen-bond donors (Lipinski definition) is 0. The molecule has 0 spiro atoms. The van der Waals surface area contributed by atoms with Gasteiger partial charge < -0.3 is 4.74 Å². The Bertz CT molecular complexity index is 1430. The van der Waals surface area contributed by atoms with Gasteiger partial charge >= 0.3 is 0 Å². The smallest absolute Gasteiger partial charge is 0.126 e. The molecule has 0 aromatic heterocycles. The number of rotatable bonds is 6. The van der Waals surface area contributed by atoms with Crippen molar-refractivity contribution in [1.82, 2.24) is 0 Å². The molecule has 0 aliphatic heterocycles. The van der Waals surface area contributed by atoms with E-state index in [1.165, 1.54) is 32.2 Å². The molecular formula is C33H29OP. The fourth-order valence-corrected chi connectivity index (χ4v) is 6.41. The molecule has 0 unspecified atom stereocenters. The molecule has 172 valence electrons. The first-order chi connectivity index (χ1) is 17.3. The highest BCUT2D eigenvalue weighted by atomic mass is 31.1. The van der Waals surface area contributed by atoms with E-state index < -0.39 is 7.92 Å². The first kappa shape index (κ1) is 23.1. The number of fused-ring (bicyclic) bond motifs is 1. The fourth-order valence-electron chi connectivity index (χ4n) is 4.52. The molecule has 0 atom stereocenters. The van der Waals surface area contributed by atoms with Gasteiger partial charge in [-0.15, -0.1) is 0 Å². The van der Waals surface area contributed by atoms with Crippen molar-refractivity contribution >= 4 is 36.8 Å². The summed E-state index contributed by atoms with van der Waals surface area (Å²) in [6.07, 6.45) is 13.4. The number of hydrogen-bond acceptors (Lipinski definition) is 1. The monoisotopic (exact) mass is 472 g/mol.